The highest BCUT2D eigenvalue weighted by Crippen LogP contribution is 2.43. The first kappa shape index (κ1) is 26.9. The van der Waals surface area contributed by atoms with Crippen molar-refractivity contribution in [3.8, 4) is 23.0 Å². The van der Waals surface area contributed by atoms with E-state index in [9.17, 15) is 4.79 Å². The van der Waals surface area contributed by atoms with Crippen LogP contribution in [0.25, 0.3) is 0 Å². The van der Waals surface area contributed by atoms with E-state index in [4.69, 9.17) is 30.5 Å². The fourth-order valence-corrected chi connectivity index (χ4v) is 4.70. The lowest BCUT2D eigenvalue weighted by Crippen LogP contribution is -2.32. The Hall–Kier alpha value is -4.70. The number of carbonyl (C=O) groups excluding carboxylic acids is 1. The van der Waals surface area contributed by atoms with Gasteiger partial charge in [-0.2, -0.15) is 10.1 Å². The molecule has 206 valence electrons. The maximum Gasteiger partial charge on any atom is 0.255 e. The first-order valence-electron chi connectivity index (χ1n) is 12.4. The third kappa shape index (κ3) is 5.26. The van der Waals surface area contributed by atoms with Crippen LogP contribution < -0.4 is 29.6 Å². The van der Waals surface area contributed by atoms with Crippen molar-refractivity contribution >= 4 is 29.1 Å². The Morgan fingerprint density at radius 2 is 1.80 bits per heavy atom. The predicted molar refractivity (Wildman–Crippen MR) is 151 cm³/mol. The minimum absolute atomic E-state index is 0.255. The van der Waals surface area contributed by atoms with Gasteiger partial charge in [-0.1, -0.05) is 35.9 Å². The van der Waals surface area contributed by atoms with Gasteiger partial charge in [-0.05, 0) is 42.8 Å². The number of anilines is 2. The molecule has 3 aromatic carbocycles. The van der Waals surface area contributed by atoms with E-state index in [1.165, 1.54) is 13.4 Å². The molecule has 40 heavy (non-hydrogen) atoms. The summed E-state index contributed by atoms with van der Waals surface area (Å²) in [5.74, 6) is 2.18. The number of amides is 1. The molecule has 1 amide bonds. The zero-order valence-electron chi connectivity index (χ0n) is 22.4. The molecule has 1 aromatic heterocycles. The number of benzene rings is 3. The second kappa shape index (κ2) is 11.6. The molecule has 5 rings (SSSR count). The van der Waals surface area contributed by atoms with Gasteiger partial charge in [0, 0.05) is 22.3 Å². The van der Waals surface area contributed by atoms with E-state index in [1.54, 1.807) is 55.3 Å². The van der Waals surface area contributed by atoms with Crippen LogP contribution in [-0.2, 0) is 11.4 Å². The summed E-state index contributed by atoms with van der Waals surface area (Å²) >= 11 is 6.05. The van der Waals surface area contributed by atoms with Gasteiger partial charge in [0.2, 0.25) is 5.95 Å². The van der Waals surface area contributed by atoms with Crippen LogP contribution in [0.1, 0.15) is 24.1 Å². The lowest BCUT2D eigenvalue weighted by atomic mass is 9.93. The van der Waals surface area contributed by atoms with Crippen molar-refractivity contribution < 1.29 is 23.7 Å². The predicted octanol–water partition coefficient (Wildman–Crippen LogP) is 5.46. The van der Waals surface area contributed by atoms with E-state index in [0.717, 1.165) is 5.56 Å². The Kier molecular flexibility index (Phi) is 7.79. The zero-order valence-corrected chi connectivity index (χ0v) is 23.2. The summed E-state index contributed by atoms with van der Waals surface area (Å²) in [5, 5.41) is 11.3. The molecule has 11 heteroatoms. The molecule has 0 saturated heterocycles. The monoisotopic (exact) mass is 561 g/mol. The van der Waals surface area contributed by atoms with Crippen molar-refractivity contribution in [1.82, 2.24) is 14.8 Å². The van der Waals surface area contributed by atoms with Crippen LogP contribution in [0.3, 0.4) is 0 Å². The Morgan fingerprint density at radius 3 is 2.52 bits per heavy atom. The highest BCUT2D eigenvalue weighted by Gasteiger charge is 2.36. The molecule has 10 nitrogen and oxygen atoms in total. The Labute approximate surface area is 236 Å². The van der Waals surface area contributed by atoms with Gasteiger partial charge in [0.25, 0.3) is 5.91 Å². The van der Waals surface area contributed by atoms with E-state index < -0.39 is 6.04 Å². The summed E-state index contributed by atoms with van der Waals surface area (Å²) in [6.45, 7) is 2.07. The first-order valence-corrected chi connectivity index (χ1v) is 12.8. The Balaban J connectivity index is 1.57. The molecule has 1 atom stereocenters. The number of fused-ring (bicyclic) bond motifs is 1. The van der Waals surface area contributed by atoms with Crippen molar-refractivity contribution in [3.63, 3.8) is 0 Å². The van der Waals surface area contributed by atoms with Gasteiger partial charge in [-0.3, -0.25) is 4.79 Å². The lowest BCUT2D eigenvalue weighted by molar-refractivity contribution is -0.113. The minimum Gasteiger partial charge on any atom is -0.497 e. The molecule has 0 bridgehead atoms. The standard InChI is InChI=1S/C29H28ClN5O5/c1-17-25(28(36)34-22-14-20(37-2)12-13-23(22)38-3)26(35-29(33-17)31-16-32-35)21-6-5-7-24(39-4)27(21)40-15-18-8-10-19(30)11-9-18/h5-14,16,26H,15H2,1-4H3,(H,34,36)(H,31,32,33). The Bertz CT molecular complexity index is 1570. The lowest BCUT2D eigenvalue weighted by Gasteiger charge is -2.30. The molecule has 0 spiro atoms. The normalized spacial score (nSPS) is 14.2. The number of nitrogens with zero attached hydrogens (tertiary/aromatic N) is 3. The van der Waals surface area contributed by atoms with Gasteiger partial charge in [0.05, 0.1) is 32.6 Å². The van der Waals surface area contributed by atoms with Crippen molar-refractivity contribution in [2.24, 2.45) is 0 Å². The fraction of sp³-hybridized carbons (Fsp3) is 0.207. The van der Waals surface area contributed by atoms with Gasteiger partial charge in [0.15, 0.2) is 11.5 Å². The molecule has 0 saturated carbocycles. The van der Waals surface area contributed by atoms with Gasteiger partial charge in [-0.25, -0.2) is 4.68 Å². The molecule has 1 unspecified atom stereocenters. The molecule has 2 N–H and O–H groups in total. The van der Waals surface area contributed by atoms with Crippen LogP contribution in [-0.4, -0.2) is 42.0 Å². The number of carbonyl (C=O) groups is 1. The summed E-state index contributed by atoms with van der Waals surface area (Å²) in [7, 11) is 4.66. The quantitative estimate of drug-likeness (QED) is 0.277. The summed E-state index contributed by atoms with van der Waals surface area (Å²) < 4.78 is 24.5. The van der Waals surface area contributed by atoms with Crippen LogP contribution in [0.2, 0.25) is 5.02 Å². The summed E-state index contributed by atoms with van der Waals surface area (Å²) in [4.78, 5) is 18.3. The topological polar surface area (TPSA) is 109 Å². The SMILES string of the molecule is COc1ccc(OC)c(NC(=O)C2=C(C)Nc3ncnn3C2c2cccc(OC)c2OCc2ccc(Cl)cc2)c1. The van der Waals surface area contributed by atoms with Crippen molar-refractivity contribution in [2.75, 3.05) is 32.0 Å². The molecular weight excluding hydrogens is 534 g/mol. The molecule has 1 aliphatic heterocycles. The number of ether oxygens (including phenoxy) is 4. The fourth-order valence-electron chi connectivity index (χ4n) is 4.57. The van der Waals surface area contributed by atoms with Crippen molar-refractivity contribution in [2.45, 2.75) is 19.6 Å². The molecule has 1 aliphatic rings. The molecule has 2 heterocycles. The number of rotatable bonds is 9. The summed E-state index contributed by atoms with van der Waals surface area (Å²) in [6, 6.07) is 17.4. The second-order valence-electron chi connectivity index (χ2n) is 8.91. The highest BCUT2D eigenvalue weighted by atomic mass is 35.5. The van der Waals surface area contributed by atoms with Gasteiger partial charge < -0.3 is 29.6 Å². The van der Waals surface area contributed by atoms with E-state index in [2.05, 4.69) is 20.7 Å². The number of aromatic nitrogens is 3. The maximum absolute atomic E-state index is 14.0. The summed E-state index contributed by atoms with van der Waals surface area (Å²) in [5.41, 5.74) is 3.07. The molecule has 0 radical (unpaired) electrons. The third-order valence-electron chi connectivity index (χ3n) is 6.51. The van der Waals surface area contributed by atoms with E-state index in [-0.39, 0.29) is 12.5 Å². The average Bonchev–Trinajstić information content (AvgIpc) is 3.44. The smallest absolute Gasteiger partial charge is 0.255 e. The maximum atomic E-state index is 14.0. The number of nitrogens with one attached hydrogen (secondary N) is 2. The van der Waals surface area contributed by atoms with Crippen LogP contribution in [0.4, 0.5) is 11.6 Å². The number of hydrogen-bond donors (Lipinski definition) is 2. The van der Waals surface area contributed by atoms with Gasteiger partial charge in [-0.15, -0.1) is 0 Å². The number of para-hydroxylation sites is 1. The molecule has 0 fully saturated rings. The van der Waals surface area contributed by atoms with Gasteiger partial charge in [0.1, 0.15) is 30.5 Å². The van der Waals surface area contributed by atoms with Crippen LogP contribution in [0, 0.1) is 0 Å². The van der Waals surface area contributed by atoms with E-state index in [1.807, 2.05) is 31.2 Å². The van der Waals surface area contributed by atoms with Crippen molar-refractivity contribution in [1.29, 1.82) is 0 Å². The number of allylic oxidation sites excluding steroid dienone is 1. The number of halogens is 1. The van der Waals surface area contributed by atoms with Crippen LogP contribution >= 0.6 is 11.6 Å². The number of methoxy groups -OCH3 is 3. The van der Waals surface area contributed by atoms with Crippen LogP contribution in [0.15, 0.2) is 78.3 Å². The molecule has 4 aromatic rings. The minimum atomic E-state index is -0.689. The Morgan fingerprint density at radius 1 is 1.02 bits per heavy atom. The number of hydrogen-bond acceptors (Lipinski definition) is 8. The second-order valence-corrected chi connectivity index (χ2v) is 9.34. The third-order valence-corrected chi connectivity index (χ3v) is 6.77. The van der Waals surface area contributed by atoms with E-state index in [0.29, 0.717) is 56.5 Å². The van der Waals surface area contributed by atoms with E-state index >= 15 is 0 Å². The molecular formula is C29H28ClN5O5. The molecule has 0 aliphatic carbocycles. The highest BCUT2D eigenvalue weighted by molar-refractivity contribution is 6.30. The van der Waals surface area contributed by atoms with Crippen molar-refractivity contribution in [3.05, 3.63) is 94.4 Å². The largest absolute Gasteiger partial charge is 0.497 e. The zero-order chi connectivity index (χ0) is 28.2. The average molecular weight is 562 g/mol. The first-order chi connectivity index (χ1) is 19.4. The van der Waals surface area contributed by atoms with Crippen LogP contribution in [0.5, 0.6) is 23.0 Å². The van der Waals surface area contributed by atoms with Gasteiger partial charge >= 0.3 is 0 Å². The summed E-state index contributed by atoms with van der Waals surface area (Å²) in [6.07, 6.45) is 1.43.